The van der Waals surface area contributed by atoms with E-state index in [-0.39, 0.29) is 41.9 Å². The third kappa shape index (κ3) is 9.37. The molecule has 1 aliphatic carbocycles. The second-order valence-electron chi connectivity index (χ2n) is 12.7. The number of aliphatic hydroxyl groups excluding tert-OH is 1. The van der Waals surface area contributed by atoms with Gasteiger partial charge >= 0.3 is 0 Å². The molecular weight excluding hydrogens is 570 g/mol. The minimum absolute atomic E-state index is 0.0254. The lowest BCUT2D eigenvalue weighted by atomic mass is 9.95. The first-order chi connectivity index (χ1) is 21.5. The van der Waals surface area contributed by atoms with E-state index in [1.807, 2.05) is 44.2 Å². The van der Waals surface area contributed by atoms with E-state index < -0.39 is 24.1 Å². The van der Waals surface area contributed by atoms with Crippen LogP contribution < -0.4 is 25.8 Å². The van der Waals surface area contributed by atoms with Gasteiger partial charge in [0, 0.05) is 55.5 Å². The lowest BCUT2D eigenvalue weighted by molar-refractivity contribution is -0.124. The van der Waals surface area contributed by atoms with Crippen molar-refractivity contribution < 1.29 is 24.3 Å². The Labute approximate surface area is 266 Å². The fraction of sp³-hybridized carbons (Fsp3) is 0.543. The summed E-state index contributed by atoms with van der Waals surface area (Å²) in [6, 6.07) is 13.5. The van der Waals surface area contributed by atoms with E-state index >= 15 is 0 Å². The molecule has 0 spiro atoms. The molecule has 10 nitrogen and oxygen atoms in total. The lowest BCUT2D eigenvalue weighted by Gasteiger charge is -2.29. The average molecular weight is 620 g/mol. The highest BCUT2D eigenvalue weighted by Crippen LogP contribution is 2.30. The van der Waals surface area contributed by atoms with E-state index in [4.69, 9.17) is 0 Å². The summed E-state index contributed by atoms with van der Waals surface area (Å²) in [5.74, 6) is -0.729. The van der Waals surface area contributed by atoms with Crippen LogP contribution in [0.15, 0.2) is 48.5 Å². The second kappa shape index (κ2) is 16.0. The minimum Gasteiger partial charge on any atom is -0.390 e. The van der Waals surface area contributed by atoms with Crippen molar-refractivity contribution in [2.24, 2.45) is 0 Å². The number of rotatable bonds is 13. The highest BCUT2D eigenvalue weighted by molar-refractivity contribution is 6.02. The Morgan fingerprint density at radius 1 is 1.00 bits per heavy atom. The van der Waals surface area contributed by atoms with Gasteiger partial charge in [0.05, 0.1) is 18.2 Å². The molecule has 1 saturated carbocycles. The Kier molecular flexibility index (Phi) is 12.1. The van der Waals surface area contributed by atoms with Gasteiger partial charge in [-0.3, -0.25) is 19.2 Å². The standard InChI is InChI=1S/C35H49N5O5/c1-23(2)40(25(4)41)30-20-27(19-29(21-30)39-17-11-16-33(39)43)35(45)38-31(18-26-12-7-5-8-13-26)32(42)22-36-24(3)34(44)37-28-14-9-6-10-15-28/h5,7-8,12-13,19-21,23-24,28,31-32,36,42H,6,9-11,14-18,22H2,1-4H3,(H,37,44)(H,38,45)/t24-,31-,32+/m0/s1. The molecule has 1 aliphatic heterocycles. The first-order valence-corrected chi connectivity index (χ1v) is 16.4. The highest BCUT2D eigenvalue weighted by Gasteiger charge is 2.28. The predicted molar refractivity (Wildman–Crippen MR) is 176 cm³/mol. The quantitative estimate of drug-likeness (QED) is 0.271. The van der Waals surface area contributed by atoms with Crippen molar-refractivity contribution in [3.05, 3.63) is 59.7 Å². The van der Waals surface area contributed by atoms with Crippen molar-refractivity contribution in [2.75, 3.05) is 22.9 Å². The Bertz CT molecular complexity index is 1330. The smallest absolute Gasteiger partial charge is 0.251 e. The SMILES string of the molecule is CC(=O)N(c1cc(C(=O)N[C@@H](Cc2ccccc2)[C@H](O)CN[C@@H](C)C(=O)NC2CCCCC2)cc(N2CCCC2=O)c1)C(C)C. The van der Waals surface area contributed by atoms with Crippen molar-refractivity contribution in [1.82, 2.24) is 16.0 Å². The molecule has 0 aromatic heterocycles. The van der Waals surface area contributed by atoms with Gasteiger partial charge in [0.2, 0.25) is 17.7 Å². The predicted octanol–water partition coefficient (Wildman–Crippen LogP) is 3.70. The van der Waals surface area contributed by atoms with Crippen LogP contribution in [0.3, 0.4) is 0 Å². The molecule has 4 rings (SSSR count). The van der Waals surface area contributed by atoms with Crippen LogP contribution in [0.25, 0.3) is 0 Å². The molecule has 0 radical (unpaired) electrons. The number of nitrogens with one attached hydrogen (secondary N) is 3. The van der Waals surface area contributed by atoms with Crippen molar-refractivity contribution >= 4 is 35.0 Å². The number of anilines is 2. The van der Waals surface area contributed by atoms with Crippen molar-refractivity contribution in [2.45, 2.75) is 109 Å². The molecule has 45 heavy (non-hydrogen) atoms. The average Bonchev–Trinajstić information content (AvgIpc) is 3.45. The molecule has 0 unspecified atom stereocenters. The molecule has 2 fully saturated rings. The second-order valence-corrected chi connectivity index (χ2v) is 12.7. The number of aliphatic hydroxyl groups is 1. The summed E-state index contributed by atoms with van der Waals surface area (Å²) in [5.41, 5.74) is 2.31. The maximum Gasteiger partial charge on any atom is 0.251 e. The molecule has 244 valence electrons. The molecule has 2 aromatic carbocycles. The normalized spacial score (nSPS) is 17.6. The molecule has 4 N–H and O–H groups in total. The molecule has 2 aromatic rings. The fourth-order valence-electron chi connectivity index (χ4n) is 6.29. The van der Waals surface area contributed by atoms with Gasteiger partial charge in [-0.1, -0.05) is 49.6 Å². The number of nitrogens with zero attached hydrogens (tertiary/aromatic N) is 2. The third-order valence-electron chi connectivity index (χ3n) is 8.74. The van der Waals surface area contributed by atoms with Crippen LogP contribution in [0.5, 0.6) is 0 Å². The van der Waals surface area contributed by atoms with Crippen LogP contribution in [-0.4, -0.2) is 72.1 Å². The number of carbonyl (C=O) groups is 4. The molecule has 4 amide bonds. The van der Waals surface area contributed by atoms with E-state index in [1.54, 1.807) is 34.9 Å². The Hall–Kier alpha value is -3.76. The summed E-state index contributed by atoms with van der Waals surface area (Å²) in [5, 5.41) is 20.6. The van der Waals surface area contributed by atoms with Gasteiger partial charge in [0.25, 0.3) is 5.91 Å². The van der Waals surface area contributed by atoms with Crippen molar-refractivity contribution in [3.8, 4) is 0 Å². The molecule has 3 atom stereocenters. The van der Waals surface area contributed by atoms with E-state index in [1.165, 1.54) is 13.3 Å². The zero-order valence-electron chi connectivity index (χ0n) is 27.1. The lowest BCUT2D eigenvalue weighted by Crippen LogP contribution is -2.53. The first-order valence-electron chi connectivity index (χ1n) is 16.4. The largest absolute Gasteiger partial charge is 0.390 e. The summed E-state index contributed by atoms with van der Waals surface area (Å²) >= 11 is 0. The van der Waals surface area contributed by atoms with Crippen LogP contribution in [0.4, 0.5) is 11.4 Å². The highest BCUT2D eigenvalue weighted by atomic mass is 16.3. The zero-order chi connectivity index (χ0) is 32.5. The maximum atomic E-state index is 13.9. The van der Waals surface area contributed by atoms with Gasteiger partial charge in [-0.15, -0.1) is 0 Å². The van der Waals surface area contributed by atoms with Gasteiger partial charge in [0.1, 0.15) is 0 Å². The van der Waals surface area contributed by atoms with Crippen LogP contribution in [-0.2, 0) is 20.8 Å². The first kappa shape index (κ1) is 34.1. The number of hydrogen-bond donors (Lipinski definition) is 4. The Morgan fingerprint density at radius 2 is 1.71 bits per heavy atom. The number of amides is 4. The molecule has 10 heteroatoms. The number of benzene rings is 2. The third-order valence-corrected chi connectivity index (χ3v) is 8.74. The zero-order valence-corrected chi connectivity index (χ0v) is 27.1. The van der Waals surface area contributed by atoms with E-state index in [2.05, 4.69) is 16.0 Å². The summed E-state index contributed by atoms with van der Waals surface area (Å²) in [4.78, 5) is 55.2. The summed E-state index contributed by atoms with van der Waals surface area (Å²) in [7, 11) is 0. The van der Waals surface area contributed by atoms with Crippen molar-refractivity contribution in [3.63, 3.8) is 0 Å². The van der Waals surface area contributed by atoms with Gasteiger partial charge in [-0.2, -0.15) is 0 Å². The van der Waals surface area contributed by atoms with Crippen molar-refractivity contribution in [1.29, 1.82) is 0 Å². The van der Waals surface area contributed by atoms with Crippen LogP contribution in [0.2, 0.25) is 0 Å². The van der Waals surface area contributed by atoms with Gasteiger partial charge in [0.15, 0.2) is 0 Å². The van der Waals surface area contributed by atoms with Crippen LogP contribution in [0.1, 0.15) is 88.6 Å². The fourth-order valence-corrected chi connectivity index (χ4v) is 6.29. The molecule has 0 bridgehead atoms. The summed E-state index contributed by atoms with van der Waals surface area (Å²) in [6.07, 6.45) is 5.93. The maximum absolute atomic E-state index is 13.9. The monoisotopic (exact) mass is 619 g/mol. The summed E-state index contributed by atoms with van der Waals surface area (Å²) in [6.45, 7) is 7.67. The topological polar surface area (TPSA) is 131 Å². The minimum atomic E-state index is -1.01. The van der Waals surface area contributed by atoms with Gasteiger partial charge in [-0.25, -0.2) is 0 Å². The van der Waals surface area contributed by atoms with E-state index in [9.17, 15) is 24.3 Å². The van der Waals surface area contributed by atoms with E-state index in [0.29, 0.717) is 30.8 Å². The molecule has 2 aliphatic rings. The van der Waals surface area contributed by atoms with Gasteiger partial charge in [-0.05, 0) is 70.2 Å². The van der Waals surface area contributed by atoms with E-state index in [0.717, 1.165) is 37.7 Å². The molecular formula is C35H49N5O5. The number of hydrogen-bond acceptors (Lipinski definition) is 6. The molecule has 1 saturated heterocycles. The summed E-state index contributed by atoms with van der Waals surface area (Å²) < 4.78 is 0. The Morgan fingerprint density at radius 3 is 2.33 bits per heavy atom. The molecule has 1 heterocycles. The van der Waals surface area contributed by atoms with Crippen LogP contribution >= 0.6 is 0 Å². The van der Waals surface area contributed by atoms with Crippen LogP contribution in [0, 0.1) is 0 Å². The van der Waals surface area contributed by atoms with Gasteiger partial charge < -0.3 is 30.9 Å². The Balaban J connectivity index is 1.54. The number of carbonyl (C=O) groups excluding carboxylic acids is 4.